The number of nitrogens with zero attached hydrogens (tertiary/aromatic N) is 4. The van der Waals surface area contributed by atoms with Crippen LogP contribution in [0.3, 0.4) is 0 Å². The zero-order valence-electron chi connectivity index (χ0n) is 19.6. The van der Waals surface area contributed by atoms with Crippen molar-refractivity contribution in [1.82, 2.24) is 24.8 Å². The van der Waals surface area contributed by atoms with Crippen LogP contribution in [0.15, 0.2) is 72.1 Å². The highest BCUT2D eigenvalue weighted by molar-refractivity contribution is 9.10. The Hall–Kier alpha value is -3.85. The molecule has 0 radical (unpaired) electrons. The number of halogens is 1. The van der Waals surface area contributed by atoms with Crippen molar-refractivity contribution in [1.29, 1.82) is 0 Å². The van der Waals surface area contributed by atoms with Crippen molar-refractivity contribution in [3.05, 3.63) is 83.4 Å². The quantitative estimate of drug-likeness (QED) is 0.324. The number of aromatic amines is 1. The van der Waals surface area contributed by atoms with E-state index in [0.29, 0.717) is 24.7 Å². The molecule has 4 aromatic rings. The van der Waals surface area contributed by atoms with E-state index in [4.69, 9.17) is 4.98 Å². The molecule has 1 aliphatic rings. The van der Waals surface area contributed by atoms with Crippen molar-refractivity contribution in [2.75, 3.05) is 18.4 Å². The van der Waals surface area contributed by atoms with E-state index in [1.807, 2.05) is 24.4 Å². The van der Waals surface area contributed by atoms with E-state index in [1.54, 1.807) is 29.4 Å². The fourth-order valence-corrected chi connectivity index (χ4v) is 4.85. The van der Waals surface area contributed by atoms with Gasteiger partial charge in [0.1, 0.15) is 5.69 Å². The average molecular weight is 545 g/mol. The summed E-state index contributed by atoms with van der Waals surface area (Å²) in [5.74, 6) is 0.315. The first-order chi connectivity index (χ1) is 17.5. The number of aromatic nitrogens is 4. The van der Waals surface area contributed by atoms with Crippen molar-refractivity contribution in [3.8, 4) is 11.3 Å². The minimum absolute atomic E-state index is 0.0178. The topological polar surface area (TPSA) is 104 Å². The number of benzene rings is 1. The summed E-state index contributed by atoms with van der Waals surface area (Å²) in [6.07, 6.45) is 8.57. The summed E-state index contributed by atoms with van der Waals surface area (Å²) in [6, 6.07) is 11.6. The number of para-hydroxylation sites is 1. The number of anilines is 1. The number of rotatable bonds is 7. The van der Waals surface area contributed by atoms with Gasteiger partial charge < -0.3 is 15.2 Å². The molecule has 1 aliphatic heterocycles. The van der Waals surface area contributed by atoms with Crippen LogP contribution in [0.25, 0.3) is 22.2 Å². The molecule has 36 heavy (non-hydrogen) atoms. The Labute approximate surface area is 217 Å². The molecule has 2 N–H and O–H groups in total. The van der Waals surface area contributed by atoms with E-state index in [-0.39, 0.29) is 24.2 Å². The lowest BCUT2D eigenvalue weighted by Gasteiger charge is -2.33. The number of hydrogen-bond donors (Lipinski definition) is 2. The van der Waals surface area contributed by atoms with Crippen LogP contribution >= 0.6 is 15.9 Å². The number of carbonyl (C=O) groups excluding carboxylic acids is 2. The predicted molar refractivity (Wildman–Crippen MR) is 143 cm³/mol. The summed E-state index contributed by atoms with van der Waals surface area (Å²) in [5, 5.41) is 4.51. The Morgan fingerprint density at radius 3 is 2.86 bits per heavy atom. The van der Waals surface area contributed by atoms with Crippen LogP contribution in [-0.2, 0) is 11.2 Å². The summed E-state index contributed by atoms with van der Waals surface area (Å²) >= 11 is 3.59. The van der Waals surface area contributed by atoms with Crippen molar-refractivity contribution < 1.29 is 9.59 Å². The van der Waals surface area contributed by atoms with Gasteiger partial charge in [0.2, 0.25) is 5.95 Å². The molecule has 0 spiro atoms. The minimum Gasteiger partial charge on any atom is -0.360 e. The summed E-state index contributed by atoms with van der Waals surface area (Å²) < 4.78 is 0.808. The van der Waals surface area contributed by atoms with Crippen molar-refractivity contribution in [2.24, 2.45) is 0 Å². The molecule has 1 atom stereocenters. The molecule has 1 fully saturated rings. The van der Waals surface area contributed by atoms with E-state index in [2.05, 4.69) is 48.8 Å². The van der Waals surface area contributed by atoms with Gasteiger partial charge in [-0.15, -0.1) is 0 Å². The molecule has 5 rings (SSSR count). The summed E-state index contributed by atoms with van der Waals surface area (Å²) in [5.41, 5.74) is 3.96. The Bertz CT molecular complexity index is 1430. The monoisotopic (exact) mass is 544 g/mol. The second-order valence-corrected chi connectivity index (χ2v) is 9.63. The first kappa shape index (κ1) is 23.9. The number of amides is 1. The summed E-state index contributed by atoms with van der Waals surface area (Å²) in [6.45, 7) is 4.68. The van der Waals surface area contributed by atoms with E-state index in [0.717, 1.165) is 45.0 Å². The number of pyridine rings is 1. The Morgan fingerprint density at radius 2 is 2.06 bits per heavy atom. The highest BCUT2D eigenvalue weighted by Gasteiger charge is 2.26. The molecule has 0 saturated carbocycles. The van der Waals surface area contributed by atoms with Crippen LogP contribution in [0.1, 0.15) is 28.9 Å². The number of ketones is 1. The first-order valence-corrected chi connectivity index (χ1v) is 12.6. The van der Waals surface area contributed by atoms with E-state index < -0.39 is 0 Å². The largest absolute Gasteiger partial charge is 0.360 e. The molecule has 4 heterocycles. The molecule has 1 amide bonds. The maximum atomic E-state index is 13.1. The highest BCUT2D eigenvalue weighted by atomic mass is 79.9. The van der Waals surface area contributed by atoms with Crippen LogP contribution in [0.5, 0.6) is 0 Å². The molecule has 0 aliphatic carbocycles. The standard InChI is InChI=1S/C27H25BrN6O2/c1-2-19(35)12-17-9-10-24(29-13-17)26(36)34-11-5-6-18(16-34)32-27-31-15-22(28)25(33-27)21-14-30-23-8-4-3-7-20(21)23/h2-4,7-10,13-15,18,30H,1,5-6,11-12,16H2,(H,31,32,33). The molecule has 1 unspecified atom stereocenters. The van der Waals surface area contributed by atoms with E-state index in [9.17, 15) is 9.59 Å². The molecular formula is C27H25BrN6O2. The van der Waals surface area contributed by atoms with Gasteiger partial charge in [-0.2, -0.15) is 0 Å². The molecule has 1 saturated heterocycles. The third kappa shape index (κ3) is 5.06. The van der Waals surface area contributed by atoms with Gasteiger partial charge in [-0.1, -0.05) is 30.8 Å². The van der Waals surface area contributed by atoms with Crippen molar-refractivity contribution >= 4 is 44.5 Å². The zero-order valence-corrected chi connectivity index (χ0v) is 21.2. The van der Waals surface area contributed by atoms with Gasteiger partial charge in [-0.25, -0.2) is 9.97 Å². The molecule has 8 nitrogen and oxygen atoms in total. The van der Waals surface area contributed by atoms with E-state index >= 15 is 0 Å². The van der Waals surface area contributed by atoms with Gasteiger partial charge in [0.25, 0.3) is 5.91 Å². The number of nitrogens with one attached hydrogen (secondary N) is 2. The smallest absolute Gasteiger partial charge is 0.272 e. The van der Waals surface area contributed by atoms with Crippen LogP contribution in [0.4, 0.5) is 5.95 Å². The number of carbonyl (C=O) groups is 2. The minimum atomic E-state index is -0.126. The molecular weight excluding hydrogens is 520 g/mol. The molecule has 0 bridgehead atoms. The number of hydrogen-bond acceptors (Lipinski definition) is 6. The lowest BCUT2D eigenvalue weighted by atomic mass is 10.0. The molecule has 3 aromatic heterocycles. The third-order valence-electron chi connectivity index (χ3n) is 6.28. The normalized spacial score (nSPS) is 15.6. The van der Waals surface area contributed by atoms with Crippen LogP contribution in [0, 0.1) is 0 Å². The Morgan fingerprint density at radius 1 is 1.19 bits per heavy atom. The number of fused-ring (bicyclic) bond motifs is 1. The number of piperidine rings is 1. The second-order valence-electron chi connectivity index (χ2n) is 8.77. The molecule has 1 aromatic carbocycles. The Balaban J connectivity index is 1.28. The summed E-state index contributed by atoms with van der Waals surface area (Å²) in [4.78, 5) is 43.3. The number of likely N-dealkylation sites (tertiary alicyclic amines) is 1. The van der Waals surface area contributed by atoms with Gasteiger partial charge in [0.15, 0.2) is 5.78 Å². The highest BCUT2D eigenvalue weighted by Crippen LogP contribution is 2.32. The second kappa shape index (κ2) is 10.4. The fourth-order valence-electron chi connectivity index (χ4n) is 4.45. The van der Waals surface area contributed by atoms with Crippen molar-refractivity contribution in [3.63, 3.8) is 0 Å². The maximum absolute atomic E-state index is 13.1. The van der Waals surface area contributed by atoms with Crippen LogP contribution < -0.4 is 5.32 Å². The Kier molecular flexibility index (Phi) is 6.90. The van der Waals surface area contributed by atoms with Gasteiger partial charge >= 0.3 is 0 Å². The van der Waals surface area contributed by atoms with Gasteiger partial charge in [-0.3, -0.25) is 14.6 Å². The van der Waals surface area contributed by atoms with Gasteiger partial charge in [-0.05, 0) is 52.5 Å². The number of allylic oxidation sites excluding steroid dienone is 1. The molecule has 182 valence electrons. The SMILES string of the molecule is C=CC(=O)Cc1ccc(C(=O)N2CCCC(Nc3ncc(Br)c(-c4c[nH]c5ccccc45)n3)C2)nc1. The lowest BCUT2D eigenvalue weighted by molar-refractivity contribution is -0.114. The predicted octanol–water partition coefficient (Wildman–Crippen LogP) is 4.80. The lowest BCUT2D eigenvalue weighted by Crippen LogP contribution is -2.45. The maximum Gasteiger partial charge on any atom is 0.272 e. The fraction of sp³-hybridized carbons (Fsp3) is 0.222. The van der Waals surface area contributed by atoms with Gasteiger partial charge in [0.05, 0.1) is 10.2 Å². The van der Waals surface area contributed by atoms with E-state index in [1.165, 1.54) is 6.08 Å². The van der Waals surface area contributed by atoms with Crippen LogP contribution in [-0.4, -0.2) is 55.7 Å². The third-order valence-corrected chi connectivity index (χ3v) is 6.86. The van der Waals surface area contributed by atoms with Crippen LogP contribution in [0.2, 0.25) is 0 Å². The molecule has 9 heteroatoms. The van der Waals surface area contributed by atoms with Gasteiger partial charge in [0, 0.05) is 60.6 Å². The van der Waals surface area contributed by atoms with Crippen molar-refractivity contribution in [2.45, 2.75) is 25.3 Å². The zero-order chi connectivity index (χ0) is 25.1. The average Bonchev–Trinajstić information content (AvgIpc) is 3.34. The summed E-state index contributed by atoms with van der Waals surface area (Å²) in [7, 11) is 0. The first-order valence-electron chi connectivity index (χ1n) is 11.8. The number of H-pyrrole nitrogens is 1.